The molecule has 0 aliphatic carbocycles. The monoisotopic (exact) mass is 395 g/mol. The average molecular weight is 395 g/mol. The molecule has 1 fully saturated rings. The Morgan fingerprint density at radius 3 is 2.24 bits per heavy atom. The predicted molar refractivity (Wildman–Crippen MR) is 108 cm³/mol. The second-order valence-corrected chi connectivity index (χ2v) is 6.49. The molecule has 0 radical (unpaired) electrons. The van der Waals surface area contributed by atoms with Gasteiger partial charge in [-0.05, 0) is 55.5 Å². The molecule has 0 unspecified atom stereocenters. The molecule has 2 aromatic rings. The van der Waals surface area contributed by atoms with E-state index < -0.39 is 12.0 Å². The van der Waals surface area contributed by atoms with Gasteiger partial charge in [0.05, 0.1) is 24.3 Å². The van der Waals surface area contributed by atoms with Crippen molar-refractivity contribution in [2.45, 2.75) is 26.3 Å². The number of anilines is 3. The molecule has 3 amide bonds. The summed E-state index contributed by atoms with van der Waals surface area (Å²) in [6, 6.07) is 12.3. The fourth-order valence-electron chi connectivity index (χ4n) is 3.03. The molecule has 8 nitrogen and oxygen atoms in total. The summed E-state index contributed by atoms with van der Waals surface area (Å²) < 4.78 is 4.93. The Morgan fingerprint density at radius 2 is 1.66 bits per heavy atom. The van der Waals surface area contributed by atoms with Crippen LogP contribution in [0.1, 0.15) is 30.6 Å². The summed E-state index contributed by atoms with van der Waals surface area (Å²) in [5.41, 5.74) is 2.05. The van der Waals surface area contributed by atoms with Gasteiger partial charge in [-0.1, -0.05) is 0 Å². The third-order valence-corrected chi connectivity index (χ3v) is 4.33. The highest BCUT2D eigenvalue weighted by molar-refractivity contribution is 6.23. The van der Waals surface area contributed by atoms with Crippen LogP contribution < -0.4 is 15.5 Å². The summed E-state index contributed by atoms with van der Waals surface area (Å²) >= 11 is 0. The molecule has 0 spiro atoms. The van der Waals surface area contributed by atoms with E-state index in [0.29, 0.717) is 22.6 Å². The number of carbonyl (C=O) groups excluding carboxylic acids is 4. The van der Waals surface area contributed by atoms with Gasteiger partial charge in [-0.3, -0.25) is 14.4 Å². The summed E-state index contributed by atoms with van der Waals surface area (Å²) in [7, 11) is 0. The molecule has 2 N–H and O–H groups in total. The molecular formula is C21H21N3O5. The molecule has 0 bridgehead atoms. The van der Waals surface area contributed by atoms with E-state index in [2.05, 4.69) is 10.6 Å². The SMILES string of the molecule is CCOC(=O)c1ccc(N2C(=O)C[C@H](Nc3ccc(NC(C)=O)cc3)C2=O)cc1. The second-order valence-electron chi connectivity index (χ2n) is 6.49. The maximum absolute atomic E-state index is 12.7. The Balaban J connectivity index is 1.69. The molecule has 8 heteroatoms. The molecule has 1 aliphatic heterocycles. The fraction of sp³-hybridized carbons (Fsp3) is 0.238. The molecule has 1 saturated heterocycles. The first-order valence-corrected chi connectivity index (χ1v) is 9.17. The van der Waals surface area contributed by atoms with Crippen molar-refractivity contribution in [2.24, 2.45) is 0 Å². The molecular weight excluding hydrogens is 374 g/mol. The molecule has 1 aliphatic rings. The van der Waals surface area contributed by atoms with Crippen LogP contribution in [0.15, 0.2) is 48.5 Å². The van der Waals surface area contributed by atoms with Gasteiger partial charge in [0, 0.05) is 18.3 Å². The van der Waals surface area contributed by atoms with Crippen molar-refractivity contribution < 1.29 is 23.9 Å². The highest BCUT2D eigenvalue weighted by Crippen LogP contribution is 2.26. The van der Waals surface area contributed by atoms with E-state index >= 15 is 0 Å². The Morgan fingerprint density at radius 1 is 1.03 bits per heavy atom. The minimum atomic E-state index is -0.696. The maximum atomic E-state index is 12.7. The van der Waals surface area contributed by atoms with Gasteiger partial charge in [0.15, 0.2) is 0 Å². The van der Waals surface area contributed by atoms with E-state index in [1.165, 1.54) is 19.1 Å². The van der Waals surface area contributed by atoms with Gasteiger partial charge in [-0.2, -0.15) is 0 Å². The molecule has 1 heterocycles. The lowest BCUT2D eigenvalue weighted by Crippen LogP contribution is -2.34. The first-order chi connectivity index (χ1) is 13.9. The quantitative estimate of drug-likeness (QED) is 0.575. The summed E-state index contributed by atoms with van der Waals surface area (Å²) in [5.74, 6) is -1.33. The molecule has 0 aromatic heterocycles. The van der Waals surface area contributed by atoms with Crippen LogP contribution in [0.4, 0.5) is 17.1 Å². The standard InChI is InChI=1S/C21H21N3O5/c1-3-29-21(28)14-4-10-17(11-5-14)24-19(26)12-18(20(24)27)23-16-8-6-15(7-9-16)22-13(2)25/h4-11,18,23H,3,12H2,1-2H3,(H,22,25)/t18-/m0/s1. The Bertz CT molecular complexity index is 938. The number of hydrogen-bond donors (Lipinski definition) is 2. The largest absolute Gasteiger partial charge is 0.462 e. The normalized spacial score (nSPS) is 15.9. The number of nitrogens with zero attached hydrogens (tertiary/aromatic N) is 1. The van der Waals surface area contributed by atoms with Crippen molar-refractivity contribution in [1.29, 1.82) is 0 Å². The van der Waals surface area contributed by atoms with Crippen LogP contribution in [-0.2, 0) is 19.1 Å². The summed E-state index contributed by atoms with van der Waals surface area (Å²) in [5, 5.41) is 5.71. The van der Waals surface area contributed by atoms with Gasteiger partial charge in [0.1, 0.15) is 6.04 Å². The fourth-order valence-corrected chi connectivity index (χ4v) is 3.03. The second kappa shape index (κ2) is 8.55. The minimum absolute atomic E-state index is 0.0198. The zero-order valence-electron chi connectivity index (χ0n) is 16.1. The van der Waals surface area contributed by atoms with Gasteiger partial charge < -0.3 is 15.4 Å². The first-order valence-electron chi connectivity index (χ1n) is 9.17. The highest BCUT2D eigenvalue weighted by Gasteiger charge is 2.39. The average Bonchev–Trinajstić information content (AvgIpc) is 2.96. The van der Waals surface area contributed by atoms with Crippen LogP contribution in [0.3, 0.4) is 0 Å². The lowest BCUT2D eigenvalue weighted by Gasteiger charge is -2.16. The number of benzene rings is 2. The number of ether oxygens (including phenoxy) is 1. The third-order valence-electron chi connectivity index (χ3n) is 4.33. The van der Waals surface area contributed by atoms with Crippen molar-refractivity contribution in [3.63, 3.8) is 0 Å². The smallest absolute Gasteiger partial charge is 0.338 e. The van der Waals surface area contributed by atoms with Gasteiger partial charge in [-0.25, -0.2) is 9.69 Å². The summed E-state index contributed by atoms with van der Waals surface area (Å²) in [6.45, 7) is 3.40. The van der Waals surface area contributed by atoms with Crippen molar-refractivity contribution in [2.75, 3.05) is 22.1 Å². The van der Waals surface area contributed by atoms with Crippen molar-refractivity contribution in [3.05, 3.63) is 54.1 Å². The van der Waals surface area contributed by atoms with Crippen LogP contribution in [0.25, 0.3) is 0 Å². The molecule has 2 aromatic carbocycles. The number of nitrogens with one attached hydrogen (secondary N) is 2. The van der Waals surface area contributed by atoms with Crippen molar-refractivity contribution >= 4 is 40.8 Å². The number of imide groups is 1. The molecule has 150 valence electrons. The van der Waals surface area contributed by atoms with Crippen LogP contribution >= 0.6 is 0 Å². The van der Waals surface area contributed by atoms with Crippen molar-refractivity contribution in [3.8, 4) is 0 Å². The van der Waals surface area contributed by atoms with E-state index in [1.807, 2.05) is 0 Å². The van der Waals surface area contributed by atoms with Crippen LogP contribution in [0.2, 0.25) is 0 Å². The van der Waals surface area contributed by atoms with Crippen LogP contribution in [0, 0.1) is 0 Å². The van der Waals surface area contributed by atoms with Gasteiger partial charge in [0.25, 0.3) is 5.91 Å². The number of rotatable bonds is 6. The maximum Gasteiger partial charge on any atom is 0.338 e. The first kappa shape index (κ1) is 20.1. The zero-order chi connectivity index (χ0) is 21.0. The lowest BCUT2D eigenvalue weighted by molar-refractivity contribution is -0.121. The highest BCUT2D eigenvalue weighted by atomic mass is 16.5. The van der Waals surface area contributed by atoms with E-state index in [1.54, 1.807) is 43.3 Å². The molecule has 1 atom stereocenters. The molecule has 0 saturated carbocycles. The Labute approximate surface area is 167 Å². The van der Waals surface area contributed by atoms with Crippen LogP contribution in [0.5, 0.6) is 0 Å². The van der Waals surface area contributed by atoms with E-state index in [-0.39, 0.29) is 30.7 Å². The number of hydrogen-bond acceptors (Lipinski definition) is 6. The van der Waals surface area contributed by atoms with Gasteiger partial charge in [0.2, 0.25) is 11.8 Å². The predicted octanol–water partition coefficient (Wildman–Crippen LogP) is 2.57. The summed E-state index contributed by atoms with van der Waals surface area (Å²) in [6.07, 6.45) is 0.0198. The van der Waals surface area contributed by atoms with Gasteiger partial charge >= 0.3 is 5.97 Å². The zero-order valence-corrected chi connectivity index (χ0v) is 16.1. The molecule has 3 rings (SSSR count). The topological polar surface area (TPSA) is 105 Å². The lowest BCUT2D eigenvalue weighted by atomic mass is 10.2. The Hall–Kier alpha value is -3.68. The van der Waals surface area contributed by atoms with Crippen LogP contribution in [-0.4, -0.2) is 36.3 Å². The minimum Gasteiger partial charge on any atom is -0.462 e. The van der Waals surface area contributed by atoms with E-state index in [0.717, 1.165) is 4.90 Å². The Kier molecular flexibility index (Phi) is 5.92. The number of amides is 3. The van der Waals surface area contributed by atoms with E-state index in [4.69, 9.17) is 4.74 Å². The number of esters is 1. The van der Waals surface area contributed by atoms with E-state index in [9.17, 15) is 19.2 Å². The molecule has 29 heavy (non-hydrogen) atoms. The summed E-state index contributed by atoms with van der Waals surface area (Å²) in [4.78, 5) is 49.1. The van der Waals surface area contributed by atoms with Crippen molar-refractivity contribution in [1.82, 2.24) is 0 Å². The van der Waals surface area contributed by atoms with Gasteiger partial charge in [-0.15, -0.1) is 0 Å². The number of carbonyl (C=O) groups is 4. The third kappa shape index (κ3) is 4.60.